The molecule has 0 aromatic carbocycles. The van der Waals surface area contributed by atoms with E-state index in [-0.39, 0.29) is 0 Å². The zero-order valence-electron chi connectivity index (χ0n) is 11.4. The first-order valence-corrected chi connectivity index (χ1v) is 8.81. The zero-order valence-corrected chi connectivity index (χ0v) is 13.0. The van der Waals surface area contributed by atoms with Crippen LogP contribution >= 0.6 is 15.9 Å². The van der Waals surface area contributed by atoms with Crippen molar-refractivity contribution in [2.75, 3.05) is 11.9 Å². The van der Waals surface area contributed by atoms with Crippen molar-refractivity contribution in [3.8, 4) is 0 Å². The monoisotopic (exact) mass is 315 g/mol. The summed E-state index contributed by atoms with van der Waals surface area (Å²) in [5.41, 5.74) is 0. The van der Waals surface area contributed by atoms with Gasteiger partial charge in [-0.1, -0.05) is 54.5 Å². The molecule has 2 fully saturated rings. The second-order valence-corrected chi connectivity index (χ2v) is 6.64. The van der Waals surface area contributed by atoms with Gasteiger partial charge in [0.1, 0.15) is 0 Å². The van der Waals surface area contributed by atoms with Crippen molar-refractivity contribution in [3.63, 3.8) is 0 Å². The van der Waals surface area contributed by atoms with E-state index in [1.165, 1.54) is 51.4 Å². The molecule has 0 saturated heterocycles. The molecule has 2 aliphatic carbocycles. The summed E-state index contributed by atoms with van der Waals surface area (Å²) in [6.07, 6.45) is 12.5. The number of rotatable bonds is 4. The number of carbonyl (C=O) groups is 1. The predicted octanol–water partition coefficient (Wildman–Crippen LogP) is 4.12. The molecule has 0 bridgehead atoms. The molecule has 0 atom stereocenters. The highest BCUT2D eigenvalue weighted by Gasteiger charge is 2.30. The van der Waals surface area contributed by atoms with E-state index in [1.54, 1.807) is 0 Å². The van der Waals surface area contributed by atoms with Gasteiger partial charge in [0.05, 0.1) is 0 Å². The number of hydrogen-bond acceptors (Lipinski definition) is 1. The SMILES string of the molecule is O=C(C1CCCCCC1)N(CCBr)C1CCCC1. The minimum atomic E-state index is 0.326. The fourth-order valence-corrected chi connectivity index (χ4v) is 3.92. The van der Waals surface area contributed by atoms with Crippen LogP contribution in [0.15, 0.2) is 0 Å². The highest BCUT2D eigenvalue weighted by Crippen LogP contribution is 2.29. The van der Waals surface area contributed by atoms with E-state index in [9.17, 15) is 4.79 Å². The minimum absolute atomic E-state index is 0.326. The molecule has 2 aliphatic rings. The third-order valence-corrected chi connectivity index (χ3v) is 4.93. The van der Waals surface area contributed by atoms with Crippen LogP contribution in [0.2, 0.25) is 0 Å². The third kappa shape index (κ3) is 3.72. The number of carbonyl (C=O) groups excluding carboxylic acids is 1. The van der Waals surface area contributed by atoms with Crippen LogP contribution < -0.4 is 0 Å². The number of hydrogen-bond donors (Lipinski definition) is 0. The molecule has 3 heteroatoms. The van der Waals surface area contributed by atoms with E-state index in [4.69, 9.17) is 0 Å². The Morgan fingerprint density at radius 2 is 1.50 bits per heavy atom. The minimum Gasteiger partial charge on any atom is -0.339 e. The Labute approximate surface area is 120 Å². The smallest absolute Gasteiger partial charge is 0.225 e. The Kier molecular flexibility index (Phi) is 6.00. The summed E-state index contributed by atoms with van der Waals surface area (Å²) < 4.78 is 0. The summed E-state index contributed by atoms with van der Waals surface area (Å²) in [6.45, 7) is 0.903. The predicted molar refractivity (Wildman–Crippen MR) is 79.0 cm³/mol. The molecular weight excluding hydrogens is 290 g/mol. The van der Waals surface area contributed by atoms with E-state index >= 15 is 0 Å². The molecule has 104 valence electrons. The van der Waals surface area contributed by atoms with Crippen molar-refractivity contribution in [1.29, 1.82) is 0 Å². The molecule has 0 aromatic heterocycles. The van der Waals surface area contributed by atoms with Gasteiger partial charge >= 0.3 is 0 Å². The first-order valence-electron chi connectivity index (χ1n) is 7.69. The van der Waals surface area contributed by atoms with Crippen LogP contribution in [0.1, 0.15) is 64.2 Å². The lowest BCUT2D eigenvalue weighted by Crippen LogP contribution is -2.43. The molecule has 0 heterocycles. The Morgan fingerprint density at radius 3 is 2.06 bits per heavy atom. The van der Waals surface area contributed by atoms with E-state index in [1.807, 2.05) is 0 Å². The van der Waals surface area contributed by atoms with Crippen molar-refractivity contribution in [3.05, 3.63) is 0 Å². The Hall–Kier alpha value is -0.0500. The Morgan fingerprint density at radius 1 is 0.944 bits per heavy atom. The van der Waals surface area contributed by atoms with Crippen LogP contribution in [-0.4, -0.2) is 28.7 Å². The van der Waals surface area contributed by atoms with Crippen LogP contribution in [-0.2, 0) is 4.79 Å². The summed E-state index contributed by atoms with van der Waals surface area (Å²) in [4.78, 5) is 14.9. The molecule has 2 rings (SSSR count). The molecule has 0 unspecified atom stereocenters. The number of alkyl halides is 1. The van der Waals surface area contributed by atoms with Gasteiger partial charge in [-0.15, -0.1) is 0 Å². The average Bonchev–Trinajstić information content (AvgIpc) is 2.77. The first kappa shape index (κ1) is 14.4. The van der Waals surface area contributed by atoms with Crippen LogP contribution in [0, 0.1) is 5.92 Å². The van der Waals surface area contributed by atoms with Gasteiger partial charge in [0.15, 0.2) is 0 Å². The van der Waals surface area contributed by atoms with Gasteiger partial charge in [0.25, 0.3) is 0 Å². The molecule has 0 N–H and O–H groups in total. The fourth-order valence-electron chi connectivity index (χ4n) is 3.54. The molecule has 0 aliphatic heterocycles. The lowest BCUT2D eigenvalue weighted by molar-refractivity contribution is -0.138. The summed E-state index contributed by atoms with van der Waals surface area (Å²) in [6, 6.07) is 0.540. The van der Waals surface area contributed by atoms with E-state index in [0.717, 1.165) is 24.7 Å². The van der Waals surface area contributed by atoms with Gasteiger partial charge in [-0.3, -0.25) is 4.79 Å². The second-order valence-electron chi connectivity index (χ2n) is 5.85. The number of halogens is 1. The van der Waals surface area contributed by atoms with E-state index < -0.39 is 0 Å². The van der Waals surface area contributed by atoms with Gasteiger partial charge in [-0.2, -0.15) is 0 Å². The lowest BCUT2D eigenvalue weighted by Gasteiger charge is -2.31. The Bertz CT molecular complexity index is 255. The Balaban J connectivity index is 1.96. The van der Waals surface area contributed by atoms with Gasteiger partial charge < -0.3 is 4.90 Å². The molecule has 2 nitrogen and oxygen atoms in total. The van der Waals surface area contributed by atoms with Crippen molar-refractivity contribution in [2.45, 2.75) is 70.3 Å². The topological polar surface area (TPSA) is 20.3 Å². The fraction of sp³-hybridized carbons (Fsp3) is 0.933. The molecule has 0 aromatic rings. The molecule has 1 amide bonds. The van der Waals surface area contributed by atoms with Gasteiger partial charge in [0.2, 0.25) is 5.91 Å². The zero-order chi connectivity index (χ0) is 12.8. The number of nitrogens with zero attached hydrogens (tertiary/aromatic N) is 1. The second kappa shape index (κ2) is 7.52. The third-order valence-electron chi connectivity index (χ3n) is 4.58. The van der Waals surface area contributed by atoms with Crippen LogP contribution in [0.25, 0.3) is 0 Å². The van der Waals surface area contributed by atoms with E-state index in [0.29, 0.717) is 17.9 Å². The maximum atomic E-state index is 12.7. The van der Waals surface area contributed by atoms with E-state index in [2.05, 4.69) is 20.8 Å². The highest BCUT2D eigenvalue weighted by molar-refractivity contribution is 9.09. The van der Waals surface area contributed by atoms with Crippen molar-refractivity contribution < 1.29 is 4.79 Å². The molecule has 18 heavy (non-hydrogen) atoms. The van der Waals surface area contributed by atoms with Crippen molar-refractivity contribution in [1.82, 2.24) is 4.90 Å². The summed E-state index contributed by atoms with van der Waals surface area (Å²) in [5, 5.41) is 0.919. The average molecular weight is 316 g/mol. The maximum absolute atomic E-state index is 12.7. The van der Waals surface area contributed by atoms with Crippen molar-refractivity contribution >= 4 is 21.8 Å². The summed E-state index contributed by atoms with van der Waals surface area (Å²) in [7, 11) is 0. The van der Waals surface area contributed by atoms with Crippen LogP contribution in [0.4, 0.5) is 0 Å². The van der Waals surface area contributed by atoms with Crippen LogP contribution in [0.5, 0.6) is 0 Å². The van der Waals surface area contributed by atoms with Gasteiger partial charge in [-0.05, 0) is 25.7 Å². The molecule has 0 spiro atoms. The largest absolute Gasteiger partial charge is 0.339 e. The highest BCUT2D eigenvalue weighted by atomic mass is 79.9. The quantitative estimate of drug-likeness (QED) is 0.564. The normalized spacial score (nSPS) is 22.9. The summed E-state index contributed by atoms with van der Waals surface area (Å²) >= 11 is 3.51. The lowest BCUT2D eigenvalue weighted by atomic mass is 9.97. The first-order chi connectivity index (χ1) is 8.83. The van der Waals surface area contributed by atoms with Crippen molar-refractivity contribution in [2.24, 2.45) is 5.92 Å². The van der Waals surface area contributed by atoms with Gasteiger partial charge in [-0.25, -0.2) is 0 Å². The standard InChI is InChI=1S/C15H26BrNO/c16-11-12-17(14-9-5-6-10-14)15(18)13-7-3-1-2-4-8-13/h13-14H,1-12H2. The molecular formula is C15H26BrNO. The summed E-state index contributed by atoms with van der Waals surface area (Å²) in [5.74, 6) is 0.787. The molecule has 2 saturated carbocycles. The maximum Gasteiger partial charge on any atom is 0.225 e. The molecule has 0 radical (unpaired) electrons. The number of amides is 1. The van der Waals surface area contributed by atoms with Crippen LogP contribution in [0.3, 0.4) is 0 Å². The van der Waals surface area contributed by atoms with Gasteiger partial charge in [0, 0.05) is 23.8 Å².